The van der Waals surface area contributed by atoms with E-state index >= 15 is 4.39 Å². The van der Waals surface area contributed by atoms with Crippen LogP contribution >= 0.6 is 0 Å². The van der Waals surface area contributed by atoms with Crippen LogP contribution in [0.3, 0.4) is 0 Å². The van der Waals surface area contributed by atoms with Gasteiger partial charge in [-0.3, -0.25) is 8.87 Å². The van der Waals surface area contributed by atoms with Crippen molar-refractivity contribution in [3.05, 3.63) is 41.4 Å². The van der Waals surface area contributed by atoms with Crippen molar-refractivity contribution >= 4 is 15.7 Å². The molecule has 2 aliphatic heterocycles. The number of nitrogens with zero attached hydrogens (tertiary/aromatic N) is 4. The normalized spacial score (nSPS) is 26.5. The van der Waals surface area contributed by atoms with Crippen molar-refractivity contribution in [2.45, 2.75) is 65.0 Å². The number of benzene rings is 1. The molecule has 3 atom stereocenters. The molecule has 1 saturated carbocycles. The lowest BCUT2D eigenvalue weighted by molar-refractivity contribution is 0.124. The van der Waals surface area contributed by atoms with Crippen LogP contribution in [0.2, 0.25) is 0 Å². The molecule has 0 bridgehead atoms. The largest absolute Gasteiger partial charge is 0.494 e. The monoisotopic (exact) mass is 489 g/mol. The van der Waals surface area contributed by atoms with Crippen molar-refractivity contribution in [3.8, 4) is 11.4 Å². The Morgan fingerprint density at radius 3 is 2.56 bits per heavy atom. The first-order valence-electron chi connectivity index (χ1n) is 11.5. The van der Waals surface area contributed by atoms with E-state index in [0.717, 1.165) is 5.82 Å². The average Bonchev–Trinajstić information content (AvgIpc) is 3.29. The number of nitrogens with one attached hydrogen (secondary N) is 1. The molecule has 3 heterocycles. The van der Waals surface area contributed by atoms with E-state index < -0.39 is 15.6 Å². The molecule has 0 saturated heterocycles. The highest BCUT2D eigenvalue weighted by Gasteiger charge is 2.49. The summed E-state index contributed by atoms with van der Waals surface area (Å²) in [6, 6.07) is 1.27. The first-order valence-corrected chi connectivity index (χ1v) is 13.4. The molecular weight excluding hydrogens is 457 g/mol. The lowest BCUT2D eigenvalue weighted by Gasteiger charge is -2.46. The molecule has 5 rings (SSSR count). The van der Waals surface area contributed by atoms with Crippen molar-refractivity contribution < 1.29 is 17.5 Å². The van der Waals surface area contributed by atoms with Crippen LogP contribution in [0.4, 0.5) is 10.1 Å². The molecular formula is C24H32FN5O3S. The highest BCUT2D eigenvalue weighted by atomic mass is 32.2. The summed E-state index contributed by atoms with van der Waals surface area (Å²) in [5, 5.41) is 12.1. The van der Waals surface area contributed by atoms with E-state index in [-0.39, 0.29) is 29.1 Å². The van der Waals surface area contributed by atoms with Crippen LogP contribution < -0.4 is 10.1 Å². The van der Waals surface area contributed by atoms with Crippen molar-refractivity contribution in [3.63, 3.8) is 0 Å². The van der Waals surface area contributed by atoms with Crippen molar-refractivity contribution in [1.82, 2.24) is 19.1 Å². The average molecular weight is 490 g/mol. The van der Waals surface area contributed by atoms with Gasteiger partial charge in [0.2, 0.25) is 10.0 Å². The number of rotatable bonds is 3. The molecule has 1 fully saturated rings. The molecule has 8 nitrogen and oxygen atoms in total. The van der Waals surface area contributed by atoms with Crippen LogP contribution in [-0.4, -0.2) is 46.9 Å². The third-order valence-electron chi connectivity index (χ3n) is 7.48. The van der Waals surface area contributed by atoms with Crippen molar-refractivity contribution in [1.29, 1.82) is 0 Å². The number of aryl methyl sites for hydroxylation is 1. The Hall–Kier alpha value is -2.62. The van der Waals surface area contributed by atoms with Crippen molar-refractivity contribution in [2.75, 3.05) is 18.7 Å². The molecule has 1 aliphatic carbocycles. The number of aromatic nitrogens is 3. The zero-order chi connectivity index (χ0) is 24.8. The number of hydrogen-bond donors (Lipinski definition) is 1. The molecule has 1 aromatic heterocycles. The number of sulfonamides is 1. The van der Waals surface area contributed by atoms with Gasteiger partial charge in [0.15, 0.2) is 11.6 Å². The number of fused-ring (bicyclic) bond motifs is 4. The van der Waals surface area contributed by atoms with E-state index in [1.54, 1.807) is 13.3 Å². The minimum Gasteiger partial charge on any atom is -0.494 e. The Morgan fingerprint density at radius 2 is 1.91 bits per heavy atom. The molecule has 3 aliphatic rings. The maximum Gasteiger partial charge on any atom is 0.232 e. The van der Waals surface area contributed by atoms with Crippen molar-refractivity contribution in [2.24, 2.45) is 11.3 Å². The molecule has 1 aromatic carbocycles. The minimum absolute atomic E-state index is 0.154. The van der Waals surface area contributed by atoms with Gasteiger partial charge in [-0.05, 0) is 51.0 Å². The van der Waals surface area contributed by atoms with Crippen LogP contribution in [-0.2, 0) is 15.6 Å². The predicted octanol–water partition coefficient (Wildman–Crippen LogP) is 4.06. The molecule has 0 spiro atoms. The first kappa shape index (κ1) is 23.1. The molecule has 34 heavy (non-hydrogen) atoms. The van der Waals surface area contributed by atoms with Crippen LogP contribution in [0.5, 0.6) is 5.75 Å². The number of ether oxygens (including phenoxy) is 1. The van der Waals surface area contributed by atoms with Gasteiger partial charge in [0.25, 0.3) is 0 Å². The zero-order valence-corrected chi connectivity index (χ0v) is 21.5. The highest BCUT2D eigenvalue weighted by Crippen LogP contribution is 2.55. The van der Waals surface area contributed by atoms with Crippen LogP contribution in [0.25, 0.3) is 5.69 Å². The van der Waals surface area contributed by atoms with E-state index in [1.165, 1.54) is 16.6 Å². The van der Waals surface area contributed by atoms with Gasteiger partial charge in [0.1, 0.15) is 17.3 Å². The van der Waals surface area contributed by atoms with Gasteiger partial charge in [-0.1, -0.05) is 19.9 Å². The molecule has 3 unspecified atom stereocenters. The number of anilines is 1. The summed E-state index contributed by atoms with van der Waals surface area (Å²) in [5.74, 6) is 1.08. The van der Waals surface area contributed by atoms with E-state index in [1.807, 2.05) is 31.4 Å². The summed E-state index contributed by atoms with van der Waals surface area (Å²) in [5.41, 5.74) is 1.05. The second kappa shape index (κ2) is 7.19. The smallest absolute Gasteiger partial charge is 0.232 e. The molecule has 1 N–H and O–H groups in total. The molecule has 2 aromatic rings. The lowest BCUT2D eigenvalue weighted by Crippen LogP contribution is -2.45. The lowest BCUT2D eigenvalue weighted by atomic mass is 9.63. The van der Waals surface area contributed by atoms with Crippen LogP contribution in [0.1, 0.15) is 63.7 Å². The minimum atomic E-state index is -3.43. The Labute approximate surface area is 200 Å². The Kier molecular flexibility index (Phi) is 4.89. The SMILES string of the molecule is COc1c(C2CC(C)(C)CC3C2C=CN3S(C)(=O)=O)c(F)cc2c1-n1c(C)nnc1C(C)(C)N2. The van der Waals surface area contributed by atoms with Crippen LogP contribution in [0, 0.1) is 24.1 Å². The topological polar surface area (TPSA) is 89.4 Å². The summed E-state index contributed by atoms with van der Waals surface area (Å²) in [6.07, 6.45) is 6.19. The maximum absolute atomic E-state index is 16.0. The van der Waals surface area contributed by atoms with Gasteiger partial charge < -0.3 is 10.1 Å². The van der Waals surface area contributed by atoms with Gasteiger partial charge in [0.05, 0.1) is 30.6 Å². The fourth-order valence-corrected chi connectivity index (χ4v) is 7.18. The molecule has 184 valence electrons. The molecule has 0 amide bonds. The number of methoxy groups -OCH3 is 1. The summed E-state index contributed by atoms with van der Waals surface area (Å²) in [6.45, 7) is 10.1. The summed E-state index contributed by atoms with van der Waals surface area (Å²) < 4.78 is 50.3. The number of hydrogen-bond acceptors (Lipinski definition) is 6. The highest BCUT2D eigenvalue weighted by molar-refractivity contribution is 7.88. The van der Waals surface area contributed by atoms with Gasteiger partial charge in [-0.2, -0.15) is 0 Å². The fraction of sp³-hybridized carbons (Fsp3) is 0.583. The Balaban J connectivity index is 1.72. The standard InChI is InChI=1S/C24H32FN5O3S/c1-13-27-28-22-24(4,5)26-17-10-16(25)19(21(33-6)20(17)30(13)22)15-11-23(2,3)12-18-14(15)8-9-29(18)34(7,31)32/h8-10,14-15,18,26H,11-12H2,1-7H3. The molecule has 0 radical (unpaired) electrons. The van der Waals surface area contributed by atoms with Gasteiger partial charge in [0, 0.05) is 17.7 Å². The molecule has 10 heteroatoms. The zero-order valence-electron chi connectivity index (χ0n) is 20.7. The van der Waals surface area contributed by atoms with Crippen LogP contribution in [0.15, 0.2) is 18.3 Å². The summed E-state index contributed by atoms with van der Waals surface area (Å²) >= 11 is 0. The second-order valence-electron chi connectivity index (χ2n) is 11.1. The summed E-state index contributed by atoms with van der Waals surface area (Å²) in [7, 11) is -1.88. The van der Waals surface area contributed by atoms with Gasteiger partial charge >= 0.3 is 0 Å². The predicted molar refractivity (Wildman–Crippen MR) is 128 cm³/mol. The van der Waals surface area contributed by atoms with E-state index in [9.17, 15) is 8.42 Å². The van der Waals surface area contributed by atoms with Gasteiger partial charge in [-0.15, -0.1) is 10.2 Å². The van der Waals surface area contributed by atoms with E-state index in [2.05, 4.69) is 29.4 Å². The maximum atomic E-state index is 16.0. The third-order valence-corrected chi connectivity index (χ3v) is 8.64. The fourth-order valence-electron chi connectivity index (χ4n) is 6.18. The quantitative estimate of drug-likeness (QED) is 0.699. The number of halogens is 1. The van der Waals surface area contributed by atoms with Gasteiger partial charge in [-0.25, -0.2) is 12.8 Å². The van der Waals surface area contributed by atoms with E-state index in [0.29, 0.717) is 41.4 Å². The van der Waals surface area contributed by atoms with E-state index in [4.69, 9.17) is 4.74 Å². The first-order chi connectivity index (χ1) is 15.7. The Morgan fingerprint density at radius 1 is 1.21 bits per heavy atom. The third kappa shape index (κ3) is 3.32. The Bertz CT molecular complexity index is 1310. The second-order valence-corrected chi connectivity index (χ2v) is 13.0. The summed E-state index contributed by atoms with van der Waals surface area (Å²) in [4.78, 5) is 0.